The minimum atomic E-state index is -1.02. The van der Waals surface area contributed by atoms with Crippen LogP contribution >= 0.6 is 34.4 Å². The van der Waals surface area contributed by atoms with Gasteiger partial charge in [0.15, 0.2) is 0 Å². The topological polar surface area (TPSA) is 202 Å². The number of hydrogen-bond donors (Lipinski definition) is 6. The van der Waals surface area contributed by atoms with Crippen LogP contribution in [0.3, 0.4) is 0 Å². The molecule has 2 rings (SSSR count). The maximum absolute atomic E-state index is 11.8. The lowest BCUT2D eigenvalue weighted by atomic mass is 10.2. The van der Waals surface area contributed by atoms with E-state index >= 15 is 0 Å². The van der Waals surface area contributed by atoms with Gasteiger partial charge in [0, 0.05) is 12.8 Å². The standard InChI is InChI=1S/C16H26N8O4S3/c1-7(25)11(17)13(27)19-15-23-21-9(30-15)3-5-29-6-4-10-22-24-16(31-10)20-14(28)12(18)8(2)26/h7-8,11-12,25-26H,3-6,17-18H2,1-2H3,(H,19,23,27)(H,20,24,28)/t7-,8-,11+,12+/m1/s1. The Kier molecular flexibility index (Phi) is 10.1. The number of carbonyl (C=O) groups is 2. The van der Waals surface area contributed by atoms with Crippen LogP contribution in [0.5, 0.6) is 0 Å². The SMILES string of the molecule is C[C@@H](O)[C@H](N)C(=O)Nc1nnc(CCSCCc2nnc(NC(=O)[C@@H](N)[C@@H](C)O)s2)s1. The molecule has 0 aliphatic carbocycles. The molecule has 0 radical (unpaired) electrons. The van der Waals surface area contributed by atoms with Crippen LogP contribution in [0.15, 0.2) is 0 Å². The first-order valence-corrected chi connectivity index (χ1v) is 12.2. The van der Waals surface area contributed by atoms with Gasteiger partial charge in [0.05, 0.1) is 12.2 Å². The van der Waals surface area contributed by atoms with Crippen molar-refractivity contribution in [2.45, 2.75) is 51.0 Å². The molecule has 2 heterocycles. The second-order valence-corrected chi connectivity index (χ2v) is 9.97. The van der Waals surface area contributed by atoms with Crippen molar-refractivity contribution >= 4 is 56.5 Å². The monoisotopic (exact) mass is 490 g/mol. The summed E-state index contributed by atoms with van der Waals surface area (Å²) in [4.78, 5) is 23.6. The Morgan fingerprint density at radius 1 is 0.871 bits per heavy atom. The van der Waals surface area contributed by atoms with E-state index in [-0.39, 0.29) is 0 Å². The summed E-state index contributed by atoms with van der Waals surface area (Å²) in [5.74, 6) is 0.600. The molecule has 172 valence electrons. The first-order valence-electron chi connectivity index (χ1n) is 9.39. The summed E-state index contributed by atoms with van der Waals surface area (Å²) in [6, 6.07) is -2.04. The van der Waals surface area contributed by atoms with E-state index in [1.54, 1.807) is 11.8 Å². The summed E-state index contributed by atoms with van der Waals surface area (Å²) >= 11 is 4.23. The molecule has 2 amide bonds. The molecule has 15 heteroatoms. The number of nitrogens with two attached hydrogens (primary N) is 2. The summed E-state index contributed by atoms with van der Waals surface area (Å²) in [5.41, 5.74) is 11.1. The molecule has 0 bridgehead atoms. The minimum Gasteiger partial charge on any atom is -0.391 e. The molecule has 2 aromatic heterocycles. The van der Waals surface area contributed by atoms with Crippen LogP contribution in [0.25, 0.3) is 0 Å². The average Bonchev–Trinajstić information content (AvgIpc) is 3.35. The Labute approximate surface area is 191 Å². The van der Waals surface area contributed by atoms with Crippen LogP contribution < -0.4 is 22.1 Å². The maximum Gasteiger partial charge on any atom is 0.245 e. The second-order valence-electron chi connectivity index (χ2n) is 6.63. The molecule has 0 aliphatic rings. The normalized spacial score (nSPS) is 15.2. The van der Waals surface area contributed by atoms with E-state index in [9.17, 15) is 19.8 Å². The molecule has 12 nitrogen and oxygen atoms in total. The van der Waals surface area contributed by atoms with Gasteiger partial charge < -0.3 is 21.7 Å². The van der Waals surface area contributed by atoms with E-state index in [4.69, 9.17) is 11.5 Å². The highest BCUT2D eigenvalue weighted by atomic mass is 32.2. The van der Waals surface area contributed by atoms with Crippen LogP contribution in [0.1, 0.15) is 23.9 Å². The first kappa shape index (κ1) is 25.5. The van der Waals surface area contributed by atoms with E-state index in [0.717, 1.165) is 21.5 Å². The molecule has 0 spiro atoms. The molecule has 31 heavy (non-hydrogen) atoms. The van der Waals surface area contributed by atoms with E-state index < -0.39 is 36.1 Å². The molecular formula is C16H26N8O4S3. The Morgan fingerprint density at radius 2 is 1.26 bits per heavy atom. The molecule has 0 aliphatic heterocycles. The molecule has 0 unspecified atom stereocenters. The highest BCUT2D eigenvalue weighted by molar-refractivity contribution is 7.99. The van der Waals surface area contributed by atoms with Gasteiger partial charge >= 0.3 is 0 Å². The molecular weight excluding hydrogens is 464 g/mol. The van der Waals surface area contributed by atoms with Crippen molar-refractivity contribution in [3.8, 4) is 0 Å². The quantitative estimate of drug-likeness (QED) is 0.203. The number of thioether (sulfide) groups is 1. The fourth-order valence-electron chi connectivity index (χ4n) is 2.05. The fourth-order valence-corrected chi connectivity index (χ4v) is 4.67. The predicted octanol–water partition coefficient (Wildman–Crippen LogP) is -0.799. The largest absolute Gasteiger partial charge is 0.391 e. The van der Waals surface area contributed by atoms with Gasteiger partial charge in [0.25, 0.3) is 0 Å². The number of aromatic nitrogens is 4. The van der Waals surface area contributed by atoms with Crippen LogP contribution in [-0.4, -0.2) is 78.2 Å². The third kappa shape index (κ3) is 8.36. The lowest BCUT2D eigenvalue weighted by Gasteiger charge is -2.12. The Hall–Kier alpha value is -1.75. The third-order valence-corrected chi connectivity index (χ3v) is 6.74. The summed E-state index contributed by atoms with van der Waals surface area (Å²) < 4.78 is 0. The van der Waals surface area contributed by atoms with Crippen LogP contribution in [0, 0.1) is 0 Å². The van der Waals surface area contributed by atoms with E-state index in [1.165, 1.54) is 36.5 Å². The summed E-state index contributed by atoms with van der Waals surface area (Å²) in [6.45, 7) is 2.89. The van der Waals surface area contributed by atoms with Gasteiger partial charge in [0.2, 0.25) is 22.1 Å². The first-order chi connectivity index (χ1) is 14.7. The zero-order valence-corrected chi connectivity index (χ0v) is 19.5. The lowest BCUT2D eigenvalue weighted by Crippen LogP contribution is -2.43. The van der Waals surface area contributed by atoms with Crippen LogP contribution in [0.2, 0.25) is 0 Å². The summed E-state index contributed by atoms with van der Waals surface area (Å²) in [5, 5.41) is 41.9. The van der Waals surface area contributed by atoms with E-state index in [2.05, 4.69) is 31.0 Å². The van der Waals surface area contributed by atoms with Gasteiger partial charge in [-0.3, -0.25) is 20.2 Å². The molecule has 8 N–H and O–H groups in total. The Morgan fingerprint density at radius 3 is 1.61 bits per heavy atom. The van der Waals surface area contributed by atoms with Gasteiger partial charge in [-0.2, -0.15) is 11.8 Å². The van der Waals surface area contributed by atoms with Crippen molar-refractivity contribution in [2.75, 3.05) is 22.1 Å². The zero-order valence-electron chi connectivity index (χ0n) is 17.0. The number of carbonyl (C=O) groups excluding carboxylic acids is 2. The van der Waals surface area contributed by atoms with Gasteiger partial charge in [-0.05, 0) is 25.4 Å². The molecule has 2 aromatic rings. The van der Waals surface area contributed by atoms with Gasteiger partial charge in [-0.15, -0.1) is 20.4 Å². The van der Waals surface area contributed by atoms with Gasteiger partial charge in [0.1, 0.15) is 22.1 Å². The number of rotatable bonds is 12. The molecule has 0 saturated heterocycles. The Balaban J connectivity index is 1.67. The molecule has 0 saturated carbocycles. The predicted molar refractivity (Wildman–Crippen MR) is 121 cm³/mol. The number of aliphatic hydroxyl groups is 2. The number of aliphatic hydroxyl groups excluding tert-OH is 2. The Bertz CT molecular complexity index is 791. The smallest absolute Gasteiger partial charge is 0.245 e. The number of nitrogens with one attached hydrogen (secondary N) is 2. The summed E-state index contributed by atoms with van der Waals surface area (Å²) in [6.07, 6.45) is -0.526. The van der Waals surface area contributed by atoms with Crippen molar-refractivity contribution in [2.24, 2.45) is 11.5 Å². The van der Waals surface area contributed by atoms with Crippen LogP contribution in [-0.2, 0) is 22.4 Å². The number of hydrogen-bond acceptors (Lipinski definition) is 13. The third-order valence-electron chi connectivity index (χ3n) is 3.96. The second kappa shape index (κ2) is 12.3. The number of amides is 2. The molecule has 0 aromatic carbocycles. The minimum absolute atomic E-state index is 0.347. The number of nitrogens with zero attached hydrogens (tertiary/aromatic N) is 4. The fraction of sp³-hybridized carbons (Fsp3) is 0.625. The summed E-state index contributed by atoms with van der Waals surface area (Å²) in [7, 11) is 0. The van der Waals surface area contributed by atoms with Crippen molar-refractivity contribution in [1.82, 2.24) is 20.4 Å². The van der Waals surface area contributed by atoms with Gasteiger partial charge in [-0.25, -0.2) is 0 Å². The zero-order chi connectivity index (χ0) is 23.0. The lowest BCUT2D eigenvalue weighted by molar-refractivity contribution is -0.120. The highest BCUT2D eigenvalue weighted by Crippen LogP contribution is 2.20. The van der Waals surface area contributed by atoms with Crippen LogP contribution in [0.4, 0.5) is 10.3 Å². The van der Waals surface area contributed by atoms with E-state index in [0.29, 0.717) is 23.1 Å². The van der Waals surface area contributed by atoms with Gasteiger partial charge in [-0.1, -0.05) is 22.7 Å². The van der Waals surface area contributed by atoms with Crippen molar-refractivity contribution in [3.05, 3.63) is 10.0 Å². The maximum atomic E-state index is 11.8. The average molecular weight is 491 g/mol. The van der Waals surface area contributed by atoms with Crippen molar-refractivity contribution in [1.29, 1.82) is 0 Å². The van der Waals surface area contributed by atoms with Crippen molar-refractivity contribution in [3.63, 3.8) is 0 Å². The van der Waals surface area contributed by atoms with E-state index in [1.807, 2.05) is 0 Å². The number of aryl methyl sites for hydroxylation is 2. The highest BCUT2D eigenvalue weighted by Gasteiger charge is 2.21. The molecule has 0 fully saturated rings. The molecule has 4 atom stereocenters. The number of anilines is 2. The van der Waals surface area contributed by atoms with Crippen molar-refractivity contribution < 1.29 is 19.8 Å².